The van der Waals surface area contributed by atoms with Crippen LogP contribution in [0.4, 0.5) is 0 Å². The molecule has 0 radical (unpaired) electrons. The summed E-state index contributed by atoms with van der Waals surface area (Å²) in [4.78, 5) is 4.24. The van der Waals surface area contributed by atoms with Gasteiger partial charge in [-0.15, -0.1) is 11.3 Å². The van der Waals surface area contributed by atoms with Crippen LogP contribution < -0.4 is 5.32 Å². The highest BCUT2D eigenvalue weighted by Crippen LogP contribution is 2.40. The van der Waals surface area contributed by atoms with Crippen LogP contribution in [-0.2, 0) is 6.42 Å². The quantitative estimate of drug-likeness (QED) is 0.816. The second-order valence-corrected chi connectivity index (χ2v) is 5.73. The van der Waals surface area contributed by atoms with Gasteiger partial charge < -0.3 is 10.4 Å². The smallest absolute Gasteiger partial charge is 0.0937 e. The molecular weight excluding hydrogens is 208 g/mol. The molecular formula is C11H18N2OS. The Kier molecular flexibility index (Phi) is 3.09. The highest BCUT2D eigenvalue weighted by Gasteiger charge is 2.46. The minimum absolute atomic E-state index is 0.0306. The molecule has 3 nitrogen and oxygen atoms in total. The molecule has 2 atom stereocenters. The molecule has 84 valence electrons. The lowest BCUT2D eigenvalue weighted by atomic mass is 9.64. The minimum Gasteiger partial charge on any atom is -0.392 e. The van der Waals surface area contributed by atoms with E-state index in [9.17, 15) is 5.11 Å². The zero-order valence-electron chi connectivity index (χ0n) is 9.23. The van der Waals surface area contributed by atoms with Gasteiger partial charge in [-0.25, -0.2) is 4.98 Å². The molecule has 0 spiro atoms. The van der Waals surface area contributed by atoms with Crippen molar-refractivity contribution in [3.8, 4) is 0 Å². The standard InChI is InChI=1S/C11H18N2OS/c1-11(2)8(7-9(11)14)12-4-3-10-13-5-6-15-10/h5-6,8-9,12,14H,3-4,7H2,1-2H3. The zero-order valence-corrected chi connectivity index (χ0v) is 10.0. The molecule has 1 aromatic heterocycles. The van der Waals surface area contributed by atoms with E-state index >= 15 is 0 Å². The van der Waals surface area contributed by atoms with Crippen LogP contribution in [0, 0.1) is 5.41 Å². The van der Waals surface area contributed by atoms with E-state index in [1.807, 2.05) is 11.6 Å². The van der Waals surface area contributed by atoms with Crippen LogP contribution in [0.15, 0.2) is 11.6 Å². The van der Waals surface area contributed by atoms with Gasteiger partial charge in [-0.2, -0.15) is 0 Å². The van der Waals surface area contributed by atoms with E-state index in [2.05, 4.69) is 24.1 Å². The number of hydrogen-bond donors (Lipinski definition) is 2. The van der Waals surface area contributed by atoms with E-state index in [-0.39, 0.29) is 11.5 Å². The van der Waals surface area contributed by atoms with Crippen LogP contribution in [-0.4, -0.2) is 28.8 Å². The number of hydrogen-bond acceptors (Lipinski definition) is 4. The van der Waals surface area contributed by atoms with Gasteiger partial charge in [-0.05, 0) is 6.42 Å². The Hall–Kier alpha value is -0.450. The van der Waals surface area contributed by atoms with Gasteiger partial charge in [-0.1, -0.05) is 13.8 Å². The molecule has 2 unspecified atom stereocenters. The summed E-state index contributed by atoms with van der Waals surface area (Å²) in [5.74, 6) is 0. The summed E-state index contributed by atoms with van der Waals surface area (Å²) in [5.41, 5.74) is 0.0306. The van der Waals surface area contributed by atoms with Crippen LogP contribution >= 0.6 is 11.3 Å². The van der Waals surface area contributed by atoms with Crippen molar-refractivity contribution < 1.29 is 5.11 Å². The van der Waals surface area contributed by atoms with E-state index in [0.717, 1.165) is 19.4 Å². The van der Waals surface area contributed by atoms with Gasteiger partial charge in [0, 0.05) is 36.0 Å². The highest BCUT2D eigenvalue weighted by atomic mass is 32.1. The first-order chi connectivity index (χ1) is 7.10. The van der Waals surface area contributed by atoms with Gasteiger partial charge >= 0.3 is 0 Å². The number of aromatic nitrogens is 1. The topological polar surface area (TPSA) is 45.1 Å². The number of aliphatic hydroxyl groups excluding tert-OH is 1. The molecule has 0 saturated heterocycles. The number of rotatable bonds is 4. The molecule has 1 heterocycles. The molecule has 4 heteroatoms. The summed E-state index contributed by atoms with van der Waals surface area (Å²) < 4.78 is 0. The highest BCUT2D eigenvalue weighted by molar-refractivity contribution is 7.09. The average molecular weight is 226 g/mol. The van der Waals surface area contributed by atoms with Crippen molar-refractivity contribution in [2.45, 2.75) is 38.8 Å². The van der Waals surface area contributed by atoms with Gasteiger partial charge in [-0.3, -0.25) is 0 Å². The van der Waals surface area contributed by atoms with Crippen LogP contribution in [0.3, 0.4) is 0 Å². The lowest BCUT2D eigenvalue weighted by Gasteiger charge is -2.49. The molecule has 2 N–H and O–H groups in total. The van der Waals surface area contributed by atoms with E-state index in [0.29, 0.717) is 6.04 Å². The molecule has 0 aliphatic heterocycles. The molecule has 0 bridgehead atoms. The minimum atomic E-state index is -0.144. The van der Waals surface area contributed by atoms with Crippen molar-refractivity contribution in [1.29, 1.82) is 0 Å². The summed E-state index contributed by atoms with van der Waals surface area (Å²) in [6, 6.07) is 0.451. The third-order valence-corrected chi connectivity index (χ3v) is 4.27. The fourth-order valence-electron chi connectivity index (χ4n) is 1.98. The number of nitrogens with one attached hydrogen (secondary N) is 1. The predicted molar refractivity (Wildman–Crippen MR) is 62.0 cm³/mol. The third-order valence-electron chi connectivity index (χ3n) is 3.43. The summed E-state index contributed by atoms with van der Waals surface area (Å²) in [6.45, 7) is 5.18. The molecule has 1 aromatic rings. The first kappa shape index (κ1) is 11.0. The molecule has 0 amide bonds. The van der Waals surface area contributed by atoms with Crippen LogP contribution in [0.5, 0.6) is 0 Å². The normalized spacial score (nSPS) is 28.7. The predicted octanol–water partition coefficient (Wildman–Crippen LogP) is 1.43. The Labute approximate surface area is 94.5 Å². The summed E-state index contributed by atoms with van der Waals surface area (Å²) in [6.07, 6.45) is 3.57. The van der Waals surface area contributed by atoms with E-state index in [1.54, 1.807) is 11.3 Å². The zero-order chi connectivity index (χ0) is 10.9. The molecule has 2 rings (SSSR count). The number of aliphatic hydroxyl groups is 1. The van der Waals surface area contributed by atoms with Crippen molar-refractivity contribution >= 4 is 11.3 Å². The van der Waals surface area contributed by atoms with Gasteiger partial charge in [0.15, 0.2) is 0 Å². The monoisotopic (exact) mass is 226 g/mol. The van der Waals surface area contributed by atoms with Crippen LogP contribution in [0.1, 0.15) is 25.3 Å². The maximum absolute atomic E-state index is 9.58. The summed E-state index contributed by atoms with van der Waals surface area (Å²) in [5, 5.41) is 16.3. The Morgan fingerprint density at radius 2 is 2.47 bits per heavy atom. The largest absolute Gasteiger partial charge is 0.392 e. The molecule has 1 aliphatic rings. The Balaban J connectivity index is 1.71. The average Bonchev–Trinajstić information content (AvgIpc) is 2.69. The van der Waals surface area contributed by atoms with Crippen LogP contribution in [0.25, 0.3) is 0 Å². The Bertz CT molecular complexity index is 310. The second-order valence-electron chi connectivity index (χ2n) is 4.76. The van der Waals surface area contributed by atoms with Crippen molar-refractivity contribution in [2.75, 3.05) is 6.54 Å². The summed E-state index contributed by atoms with van der Waals surface area (Å²) in [7, 11) is 0. The number of nitrogens with zero attached hydrogens (tertiary/aromatic N) is 1. The van der Waals surface area contributed by atoms with Gasteiger partial charge in [0.25, 0.3) is 0 Å². The van der Waals surface area contributed by atoms with Crippen LogP contribution in [0.2, 0.25) is 0 Å². The van der Waals surface area contributed by atoms with Crippen molar-refractivity contribution in [3.63, 3.8) is 0 Å². The summed E-state index contributed by atoms with van der Waals surface area (Å²) >= 11 is 1.70. The SMILES string of the molecule is CC1(C)C(O)CC1NCCc1nccs1. The van der Waals surface area contributed by atoms with E-state index in [4.69, 9.17) is 0 Å². The van der Waals surface area contributed by atoms with Gasteiger partial charge in [0.05, 0.1) is 11.1 Å². The van der Waals surface area contributed by atoms with Crippen molar-refractivity contribution in [2.24, 2.45) is 5.41 Å². The third kappa shape index (κ3) is 2.22. The Morgan fingerprint density at radius 3 is 3.00 bits per heavy atom. The van der Waals surface area contributed by atoms with E-state index < -0.39 is 0 Å². The van der Waals surface area contributed by atoms with Gasteiger partial charge in [0.1, 0.15) is 0 Å². The van der Waals surface area contributed by atoms with Crippen molar-refractivity contribution in [1.82, 2.24) is 10.3 Å². The first-order valence-electron chi connectivity index (χ1n) is 5.40. The lowest BCUT2D eigenvalue weighted by Crippen LogP contribution is -2.60. The fraction of sp³-hybridized carbons (Fsp3) is 0.727. The molecule has 1 fully saturated rings. The molecule has 1 aliphatic carbocycles. The fourth-order valence-corrected chi connectivity index (χ4v) is 2.60. The molecule has 1 saturated carbocycles. The Morgan fingerprint density at radius 1 is 1.67 bits per heavy atom. The lowest BCUT2D eigenvalue weighted by molar-refractivity contribution is -0.0720. The van der Waals surface area contributed by atoms with Gasteiger partial charge in [0.2, 0.25) is 0 Å². The second kappa shape index (κ2) is 4.20. The molecule has 15 heavy (non-hydrogen) atoms. The maximum Gasteiger partial charge on any atom is 0.0937 e. The first-order valence-corrected chi connectivity index (χ1v) is 6.28. The number of thiazole rings is 1. The molecule has 0 aromatic carbocycles. The van der Waals surface area contributed by atoms with E-state index in [1.165, 1.54) is 5.01 Å². The maximum atomic E-state index is 9.58. The van der Waals surface area contributed by atoms with Crippen molar-refractivity contribution in [3.05, 3.63) is 16.6 Å².